The number of rotatable bonds is 3. The molecule has 2 aromatic rings. The minimum absolute atomic E-state index is 0.298. The summed E-state index contributed by atoms with van der Waals surface area (Å²) in [6, 6.07) is 12.7. The van der Waals surface area contributed by atoms with Gasteiger partial charge in [-0.2, -0.15) is 0 Å². The Labute approximate surface area is 110 Å². The van der Waals surface area contributed by atoms with Crippen LogP contribution in [0.15, 0.2) is 42.5 Å². The van der Waals surface area contributed by atoms with Crippen LogP contribution in [-0.4, -0.2) is 0 Å². The van der Waals surface area contributed by atoms with Crippen LogP contribution in [-0.2, 0) is 6.61 Å². The Hall–Kier alpha value is -1.38. The Morgan fingerprint density at radius 2 is 1.59 bits per heavy atom. The average Bonchev–Trinajstić information content (AvgIpc) is 2.30. The van der Waals surface area contributed by atoms with Gasteiger partial charge in [0.1, 0.15) is 12.4 Å². The second-order valence-corrected chi connectivity index (χ2v) is 4.34. The van der Waals surface area contributed by atoms with Gasteiger partial charge in [-0.1, -0.05) is 41.4 Å². The number of para-hydroxylation sites is 2. The zero-order chi connectivity index (χ0) is 12.3. The summed E-state index contributed by atoms with van der Waals surface area (Å²) in [6.45, 7) is 0.298. The number of nitrogen functional groups attached to an aromatic ring is 1. The molecule has 0 saturated heterocycles. The number of benzene rings is 2. The number of hydrogen-bond acceptors (Lipinski definition) is 2. The highest BCUT2D eigenvalue weighted by Gasteiger charge is 2.07. The summed E-state index contributed by atoms with van der Waals surface area (Å²) in [7, 11) is 0. The molecular formula is C13H11Cl2NO. The van der Waals surface area contributed by atoms with E-state index in [1.54, 1.807) is 30.3 Å². The zero-order valence-corrected chi connectivity index (χ0v) is 10.5. The molecule has 2 rings (SSSR count). The van der Waals surface area contributed by atoms with Crippen LogP contribution >= 0.6 is 23.2 Å². The molecular weight excluding hydrogens is 257 g/mol. The van der Waals surface area contributed by atoms with E-state index in [-0.39, 0.29) is 0 Å². The molecule has 0 heterocycles. The van der Waals surface area contributed by atoms with Gasteiger partial charge in [-0.05, 0) is 24.3 Å². The Balaban J connectivity index is 2.16. The van der Waals surface area contributed by atoms with Gasteiger partial charge in [0, 0.05) is 15.6 Å². The lowest BCUT2D eigenvalue weighted by Gasteiger charge is -2.10. The lowest BCUT2D eigenvalue weighted by molar-refractivity contribution is 0.308. The first kappa shape index (κ1) is 12.1. The standard InChI is InChI=1S/C13H11Cl2NO/c14-10-4-3-5-11(15)9(10)8-17-13-7-2-1-6-12(13)16/h1-7H,8,16H2. The van der Waals surface area contributed by atoms with Crippen LogP contribution in [0.4, 0.5) is 5.69 Å². The van der Waals surface area contributed by atoms with Gasteiger partial charge in [0.05, 0.1) is 5.69 Å². The van der Waals surface area contributed by atoms with Crippen molar-refractivity contribution in [1.82, 2.24) is 0 Å². The van der Waals surface area contributed by atoms with Gasteiger partial charge in [0.2, 0.25) is 0 Å². The van der Waals surface area contributed by atoms with E-state index in [0.717, 1.165) is 5.56 Å². The van der Waals surface area contributed by atoms with Crippen LogP contribution in [0, 0.1) is 0 Å². The predicted octanol–water partition coefficient (Wildman–Crippen LogP) is 4.15. The molecule has 2 nitrogen and oxygen atoms in total. The number of halogens is 2. The normalized spacial score (nSPS) is 10.2. The second kappa shape index (κ2) is 5.30. The highest BCUT2D eigenvalue weighted by Crippen LogP contribution is 2.27. The third-order valence-corrected chi connectivity index (χ3v) is 3.06. The summed E-state index contributed by atoms with van der Waals surface area (Å²) >= 11 is 12.1. The van der Waals surface area contributed by atoms with E-state index in [2.05, 4.69) is 0 Å². The largest absolute Gasteiger partial charge is 0.487 e. The van der Waals surface area contributed by atoms with Gasteiger partial charge < -0.3 is 10.5 Å². The van der Waals surface area contributed by atoms with Crippen molar-refractivity contribution in [3.8, 4) is 5.75 Å². The Morgan fingerprint density at radius 3 is 2.24 bits per heavy atom. The molecule has 0 aromatic heterocycles. The molecule has 0 aliphatic rings. The summed E-state index contributed by atoms with van der Waals surface area (Å²) < 4.78 is 5.59. The minimum Gasteiger partial charge on any atom is -0.487 e. The fraction of sp³-hybridized carbons (Fsp3) is 0.0769. The van der Waals surface area contributed by atoms with E-state index < -0.39 is 0 Å². The average molecular weight is 268 g/mol. The quantitative estimate of drug-likeness (QED) is 0.848. The summed E-state index contributed by atoms with van der Waals surface area (Å²) in [5.41, 5.74) is 7.13. The number of nitrogens with two attached hydrogens (primary N) is 1. The summed E-state index contributed by atoms with van der Waals surface area (Å²) in [6.07, 6.45) is 0. The van der Waals surface area contributed by atoms with Gasteiger partial charge in [-0.15, -0.1) is 0 Å². The second-order valence-electron chi connectivity index (χ2n) is 3.53. The first-order chi connectivity index (χ1) is 8.18. The van der Waals surface area contributed by atoms with Crippen molar-refractivity contribution in [2.75, 3.05) is 5.73 Å². The van der Waals surface area contributed by atoms with Crippen LogP contribution in [0.25, 0.3) is 0 Å². The topological polar surface area (TPSA) is 35.2 Å². The van der Waals surface area contributed by atoms with Crippen molar-refractivity contribution in [2.45, 2.75) is 6.61 Å². The van der Waals surface area contributed by atoms with Crippen molar-refractivity contribution in [2.24, 2.45) is 0 Å². The maximum absolute atomic E-state index is 6.04. The smallest absolute Gasteiger partial charge is 0.142 e. The monoisotopic (exact) mass is 267 g/mol. The summed E-state index contributed by atoms with van der Waals surface area (Å²) in [4.78, 5) is 0. The summed E-state index contributed by atoms with van der Waals surface area (Å²) in [5.74, 6) is 0.628. The third kappa shape index (κ3) is 2.84. The molecule has 0 spiro atoms. The molecule has 0 bridgehead atoms. The maximum atomic E-state index is 6.04. The van der Waals surface area contributed by atoms with E-state index in [4.69, 9.17) is 33.7 Å². The SMILES string of the molecule is Nc1ccccc1OCc1c(Cl)cccc1Cl. The van der Waals surface area contributed by atoms with Crippen LogP contribution in [0.1, 0.15) is 5.56 Å². The Bertz CT molecular complexity index is 508. The molecule has 2 aromatic carbocycles. The Morgan fingerprint density at radius 1 is 0.941 bits per heavy atom. The van der Waals surface area contributed by atoms with Gasteiger partial charge in [0.25, 0.3) is 0 Å². The fourth-order valence-electron chi connectivity index (χ4n) is 1.43. The molecule has 0 aliphatic heterocycles. The maximum Gasteiger partial charge on any atom is 0.142 e. The van der Waals surface area contributed by atoms with E-state index in [1.807, 2.05) is 12.1 Å². The van der Waals surface area contributed by atoms with Crippen molar-refractivity contribution < 1.29 is 4.74 Å². The lowest BCUT2D eigenvalue weighted by Crippen LogP contribution is -1.99. The fourth-order valence-corrected chi connectivity index (χ4v) is 1.94. The minimum atomic E-state index is 0.298. The molecule has 0 unspecified atom stereocenters. The third-order valence-electron chi connectivity index (χ3n) is 2.35. The predicted molar refractivity (Wildman–Crippen MR) is 71.6 cm³/mol. The highest BCUT2D eigenvalue weighted by atomic mass is 35.5. The van der Waals surface area contributed by atoms with Crippen molar-refractivity contribution in [3.05, 3.63) is 58.1 Å². The molecule has 0 aliphatic carbocycles. The number of hydrogen-bond donors (Lipinski definition) is 1. The van der Waals surface area contributed by atoms with Crippen molar-refractivity contribution in [3.63, 3.8) is 0 Å². The van der Waals surface area contributed by atoms with Crippen molar-refractivity contribution >= 4 is 28.9 Å². The van der Waals surface area contributed by atoms with Gasteiger partial charge >= 0.3 is 0 Å². The van der Waals surface area contributed by atoms with E-state index in [9.17, 15) is 0 Å². The first-order valence-electron chi connectivity index (χ1n) is 5.08. The van der Waals surface area contributed by atoms with Crippen LogP contribution < -0.4 is 10.5 Å². The van der Waals surface area contributed by atoms with Crippen molar-refractivity contribution in [1.29, 1.82) is 0 Å². The molecule has 17 heavy (non-hydrogen) atoms. The highest BCUT2D eigenvalue weighted by molar-refractivity contribution is 6.35. The summed E-state index contributed by atoms with van der Waals surface area (Å²) in [5, 5.41) is 1.18. The van der Waals surface area contributed by atoms with Crippen LogP contribution in [0.3, 0.4) is 0 Å². The molecule has 0 radical (unpaired) electrons. The van der Waals surface area contributed by atoms with E-state index in [1.165, 1.54) is 0 Å². The number of anilines is 1. The molecule has 0 saturated carbocycles. The van der Waals surface area contributed by atoms with Gasteiger partial charge in [-0.25, -0.2) is 0 Å². The first-order valence-corrected chi connectivity index (χ1v) is 5.84. The lowest BCUT2D eigenvalue weighted by atomic mass is 10.2. The van der Waals surface area contributed by atoms with E-state index in [0.29, 0.717) is 28.1 Å². The molecule has 0 fully saturated rings. The molecule has 2 N–H and O–H groups in total. The molecule has 88 valence electrons. The molecule has 4 heteroatoms. The van der Waals surface area contributed by atoms with Crippen LogP contribution in [0.2, 0.25) is 10.0 Å². The molecule has 0 amide bonds. The zero-order valence-electron chi connectivity index (χ0n) is 8.99. The Kier molecular flexibility index (Phi) is 3.77. The van der Waals surface area contributed by atoms with Gasteiger partial charge in [0.15, 0.2) is 0 Å². The molecule has 0 atom stereocenters. The van der Waals surface area contributed by atoms with Gasteiger partial charge in [-0.3, -0.25) is 0 Å². The number of ether oxygens (including phenoxy) is 1. The van der Waals surface area contributed by atoms with Crippen LogP contribution in [0.5, 0.6) is 5.75 Å². The van der Waals surface area contributed by atoms with E-state index >= 15 is 0 Å².